The van der Waals surface area contributed by atoms with Crippen molar-refractivity contribution in [2.75, 3.05) is 7.11 Å². The number of Topliss-reactive ketones (excluding diaryl/α,β-unsaturated/α-hetero) is 1. The summed E-state index contributed by atoms with van der Waals surface area (Å²) in [5.41, 5.74) is 1.44. The lowest BCUT2D eigenvalue weighted by atomic mass is 9.67. The van der Waals surface area contributed by atoms with Gasteiger partial charge in [-0.05, 0) is 29.3 Å². The SMILES string of the molecule is COC(=O)c1ccc([C@@H]2[C@@H](C(C)=O)[NH+]3C=Cc4ccccc4[C@H]3C2(C#N)C#N)cc1. The maximum atomic E-state index is 12.8. The average Bonchev–Trinajstić information content (AvgIpc) is 3.10. The van der Waals surface area contributed by atoms with Crippen LogP contribution < -0.4 is 4.90 Å². The van der Waals surface area contributed by atoms with Crippen LogP contribution >= 0.6 is 0 Å². The van der Waals surface area contributed by atoms with Gasteiger partial charge >= 0.3 is 5.97 Å². The number of nitrogens with one attached hydrogen (secondary N) is 1. The van der Waals surface area contributed by atoms with Gasteiger partial charge in [0.05, 0.1) is 36.9 Å². The van der Waals surface area contributed by atoms with E-state index in [9.17, 15) is 20.1 Å². The molecule has 6 heteroatoms. The number of ketones is 1. The first-order valence-electron chi connectivity index (χ1n) is 9.63. The number of nitrogens with zero attached hydrogens (tertiary/aromatic N) is 2. The number of nitriles is 2. The highest BCUT2D eigenvalue weighted by Gasteiger charge is 2.67. The summed E-state index contributed by atoms with van der Waals surface area (Å²) >= 11 is 0. The molecule has 30 heavy (non-hydrogen) atoms. The van der Waals surface area contributed by atoms with Gasteiger partial charge in [-0.2, -0.15) is 10.5 Å². The van der Waals surface area contributed by atoms with Crippen molar-refractivity contribution < 1.29 is 19.2 Å². The van der Waals surface area contributed by atoms with E-state index in [4.69, 9.17) is 4.74 Å². The molecule has 0 spiro atoms. The third-order valence-corrected chi connectivity index (χ3v) is 6.23. The van der Waals surface area contributed by atoms with E-state index in [1.165, 1.54) is 14.0 Å². The number of hydrogen-bond donors (Lipinski definition) is 1. The zero-order valence-electron chi connectivity index (χ0n) is 16.6. The molecule has 0 bridgehead atoms. The van der Waals surface area contributed by atoms with Gasteiger partial charge in [0.2, 0.25) is 5.41 Å². The second-order valence-electron chi connectivity index (χ2n) is 7.67. The van der Waals surface area contributed by atoms with Crippen LogP contribution in [0.1, 0.15) is 45.9 Å². The number of carbonyl (C=O) groups is 2. The average molecular weight is 398 g/mol. The van der Waals surface area contributed by atoms with Crippen molar-refractivity contribution in [2.45, 2.75) is 24.9 Å². The summed E-state index contributed by atoms with van der Waals surface area (Å²) in [6.45, 7) is 1.50. The van der Waals surface area contributed by atoms with E-state index in [-0.39, 0.29) is 5.78 Å². The molecule has 0 aromatic heterocycles. The molecule has 1 fully saturated rings. The highest BCUT2D eigenvalue weighted by atomic mass is 16.5. The number of quaternary nitrogens is 1. The number of ether oxygens (including phenoxy) is 1. The monoisotopic (exact) mass is 398 g/mol. The zero-order valence-corrected chi connectivity index (χ0v) is 16.6. The van der Waals surface area contributed by atoms with Crippen LogP contribution in [0.3, 0.4) is 0 Å². The van der Waals surface area contributed by atoms with Crippen molar-refractivity contribution in [3.05, 3.63) is 77.0 Å². The van der Waals surface area contributed by atoms with Crippen LogP contribution in [0.2, 0.25) is 0 Å². The molecule has 0 radical (unpaired) electrons. The standard InChI is InChI=1S/C24H19N3O3/c1-15(28)21-20(17-7-9-18(10-8-17)23(29)30-2)24(13-25,14-26)22-19-6-4-3-5-16(19)11-12-27(21)22/h3-12,20-22H,1-2H3/p+1/t20-,21-,22+/m1/s1. The van der Waals surface area contributed by atoms with Gasteiger partial charge in [0.15, 0.2) is 17.9 Å². The van der Waals surface area contributed by atoms with Gasteiger partial charge in [-0.15, -0.1) is 0 Å². The normalized spacial score (nSPS) is 25.3. The quantitative estimate of drug-likeness (QED) is 0.800. The molecule has 148 valence electrons. The van der Waals surface area contributed by atoms with Crippen LogP contribution in [0.4, 0.5) is 0 Å². The minimum absolute atomic E-state index is 0.0894. The van der Waals surface area contributed by atoms with Gasteiger partial charge in [-0.1, -0.05) is 36.4 Å². The molecule has 1 saturated heterocycles. The Morgan fingerprint density at radius 2 is 1.73 bits per heavy atom. The molecule has 4 rings (SSSR count). The summed E-state index contributed by atoms with van der Waals surface area (Å²) in [7, 11) is 1.31. The predicted octanol–water partition coefficient (Wildman–Crippen LogP) is 2.17. The topological polar surface area (TPSA) is 95.4 Å². The second-order valence-corrected chi connectivity index (χ2v) is 7.67. The van der Waals surface area contributed by atoms with Crippen LogP contribution in [0, 0.1) is 28.1 Å². The van der Waals surface area contributed by atoms with Crippen LogP contribution in [0.5, 0.6) is 0 Å². The maximum absolute atomic E-state index is 12.8. The number of benzene rings is 2. The van der Waals surface area contributed by atoms with Gasteiger partial charge in [-0.25, -0.2) is 4.79 Å². The molecule has 0 saturated carbocycles. The largest absolute Gasteiger partial charge is 0.465 e. The highest BCUT2D eigenvalue weighted by Crippen LogP contribution is 2.51. The zero-order chi connectivity index (χ0) is 21.5. The van der Waals surface area contributed by atoms with Gasteiger partial charge < -0.3 is 4.74 Å². The van der Waals surface area contributed by atoms with E-state index in [2.05, 4.69) is 12.1 Å². The molecule has 4 atom stereocenters. The fourth-order valence-corrected chi connectivity index (χ4v) is 4.98. The molecule has 1 unspecified atom stereocenters. The lowest BCUT2D eigenvalue weighted by molar-refractivity contribution is -0.885. The third-order valence-electron chi connectivity index (χ3n) is 6.23. The number of rotatable bonds is 3. The van der Waals surface area contributed by atoms with E-state index in [0.717, 1.165) is 16.0 Å². The van der Waals surface area contributed by atoms with Crippen LogP contribution in [-0.2, 0) is 9.53 Å². The smallest absolute Gasteiger partial charge is 0.337 e. The molecule has 2 aliphatic rings. The Morgan fingerprint density at radius 1 is 1.07 bits per heavy atom. The lowest BCUT2D eigenvalue weighted by Gasteiger charge is -2.29. The van der Waals surface area contributed by atoms with E-state index < -0.39 is 29.4 Å². The fraction of sp³-hybridized carbons (Fsp3) is 0.250. The first-order valence-corrected chi connectivity index (χ1v) is 9.63. The first kappa shape index (κ1) is 19.6. The molecular weight excluding hydrogens is 378 g/mol. The summed E-state index contributed by atoms with van der Waals surface area (Å²) in [5.74, 6) is -1.20. The fourth-order valence-electron chi connectivity index (χ4n) is 4.98. The van der Waals surface area contributed by atoms with Gasteiger partial charge in [-0.3, -0.25) is 9.69 Å². The number of carbonyl (C=O) groups excluding carboxylic acids is 2. The Kier molecular flexibility index (Phi) is 4.73. The molecule has 0 aliphatic carbocycles. The summed E-state index contributed by atoms with van der Waals surface area (Å²) in [6, 6.07) is 17.8. The molecule has 2 aromatic carbocycles. The van der Waals surface area contributed by atoms with Gasteiger partial charge in [0, 0.05) is 12.5 Å². The van der Waals surface area contributed by atoms with Crippen molar-refractivity contribution in [2.24, 2.45) is 5.41 Å². The Hall–Kier alpha value is -3.74. The predicted molar refractivity (Wildman–Crippen MR) is 108 cm³/mol. The number of esters is 1. The van der Waals surface area contributed by atoms with Crippen molar-refractivity contribution in [3.63, 3.8) is 0 Å². The first-order chi connectivity index (χ1) is 14.5. The number of methoxy groups -OCH3 is 1. The van der Waals surface area contributed by atoms with Crippen molar-refractivity contribution in [1.29, 1.82) is 10.5 Å². The van der Waals surface area contributed by atoms with E-state index in [1.807, 2.05) is 36.5 Å². The number of hydrogen-bond acceptors (Lipinski definition) is 5. The van der Waals surface area contributed by atoms with Gasteiger partial charge in [0.25, 0.3) is 0 Å². The maximum Gasteiger partial charge on any atom is 0.337 e. The van der Waals surface area contributed by atoms with Crippen molar-refractivity contribution in [1.82, 2.24) is 0 Å². The Bertz CT molecular complexity index is 1120. The Balaban J connectivity index is 1.92. The minimum Gasteiger partial charge on any atom is -0.465 e. The van der Waals surface area contributed by atoms with E-state index >= 15 is 0 Å². The summed E-state index contributed by atoms with van der Waals surface area (Å²) in [6.07, 6.45) is 3.84. The van der Waals surface area contributed by atoms with Gasteiger partial charge in [0.1, 0.15) is 0 Å². The second kappa shape index (κ2) is 7.26. The minimum atomic E-state index is -1.45. The van der Waals surface area contributed by atoms with Crippen LogP contribution in [-0.4, -0.2) is 24.9 Å². The molecule has 2 aromatic rings. The summed E-state index contributed by atoms with van der Waals surface area (Å²) in [5, 5.41) is 20.6. The molecule has 6 nitrogen and oxygen atoms in total. The molecule has 1 N–H and O–H groups in total. The van der Waals surface area contributed by atoms with Crippen LogP contribution in [0.25, 0.3) is 6.08 Å². The van der Waals surface area contributed by atoms with Crippen LogP contribution in [0.15, 0.2) is 54.7 Å². The Labute approximate surface area is 174 Å². The summed E-state index contributed by atoms with van der Waals surface area (Å²) in [4.78, 5) is 25.4. The number of fused-ring (bicyclic) bond motifs is 3. The van der Waals surface area contributed by atoms with E-state index in [0.29, 0.717) is 11.1 Å². The molecule has 2 aliphatic heterocycles. The van der Waals surface area contributed by atoms with E-state index in [1.54, 1.807) is 24.3 Å². The lowest BCUT2D eigenvalue weighted by Crippen LogP contribution is -3.11. The van der Waals surface area contributed by atoms with Crippen molar-refractivity contribution >= 4 is 17.8 Å². The van der Waals surface area contributed by atoms with Crippen molar-refractivity contribution in [3.8, 4) is 12.1 Å². The Morgan fingerprint density at radius 3 is 2.33 bits per heavy atom. The third kappa shape index (κ3) is 2.66. The molecule has 2 heterocycles. The summed E-state index contributed by atoms with van der Waals surface area (Å²) < 4.78 is 4.75. The molecule has 0 amide bonds. The molecular formula is C24H20N3O3+. The highest BCUT2D eigenvalue weighted by molar-refractivity contribution is 5.89.